The lowest BCUT2D eigenvalue weighted by Gasteiger charge is -2.23. The summed E-state index contributed by atoms with van der Waals surface area (Å²) in [5.41, 5.74) is -1.43. The first-order valence-electron chi connectivity index (χ1n) is 5.58. The zero-order valence-corrected chi connectivity index (χ0v) is 10.3. The van der Waals surface area contributed by atoms with E-state index in [1.165, 1.54) is 18.2 Å². The molecule has 0 amide bonds. The molecule has 1 unspecified atom stereocenters. The first-order chi connectivity index (χ1) is 9.35. The van der Waals surface area contributed by atoms with E-state index >= 15 is 0 Å². The molecule has 1 atom stereocenters. The fourth-order valence-electron chi connectivity index (χ4n) is 1.76. The highest BCUT2D eigenvalue weighted by Crippen LogP contribution is 2.29. The number of nitro groups is 1. The minimum absolute atomic E-state index is 0.0107. The Balaban J connectivity index is 2.61. The Morgan fingerprint density at radius 2 is 2.15 bits per heavy atom. The molecule has 0 aromatic heterocycles. The largest absolute Gasteiger partial charge is 0.511 e. The number of hydrogen-bond acceptors (Lipinski definition) is 7. The Morgan fingerprint density at radius 3 is 2.60 bits per heavy atom. The Labute approximate surface area is 112 Å². The molecule has 0 fully saturated rings. The quantitative estimate of drug-likeness (QED) is 0.321. The average Bonchev–Trinajstić information content (AvgIpc) is 2.35. The maximum Gasteiger partial charge on any atom is 0.511 e. The number of carboxylic acid groups (broad SMARTS) is 1. The van der Waals surface area contributed by atoms with Gasteiger partial charge in [0.1, 0.15) is 5.76 Å². The standard InChI is InChI=1S/C10H12N2O8/c13-9(14)20-8-2-5-10(6-3-8,11(15)16)4-1-7-19-12(17)18/h2-3,5H,1,4,6-7H2,(H,13,14). The lowest BCUT2D eigenvalue weighted by atomic mass is 9.87. The van der Waals surface area contributed by atoms with Gasteiger partial charge in [0.05, 0.1) is 6.61 Å². The average molecular weight is 288 g/mol. The van der Waals surface area contributed by atoms with Crippen LogP contribution in [0.4, 0.5) is 4.79 Å². The highest BCUT2D eigenvalue weighted by Gasteiger charge is 2.40. The van der Waals surface area contributed by atoms with Crippen LogP contribution in [-0.2, 0) is 9.57 Å². The number of nitrogens with zero attached hydrogens (tertiary/aromatic N) is 2. The molecule has 0 heterocycles. The van der Waals surface area contributed by atoms with Crippen LogP contribution in [0.25, 0.3) is 0 Å². The summed E-state index contributed by atoms with van der Waals surface area (Å²) in [6.45, 7) is -0.237. The SMILES string of the molecule is O=C(O)OC1=CCC(CCCO[N+](=O)[O-])([N+](=O)[O-])C=C1. The molecule has 0 saturated carbocycles. The molecule has 10 nitrogen and oxygen atoms in total. The molecule has 1 aliphatic carbocycles. The highest BCUT2D eigenvalue weighted by molar-refractivity contribution is 5.59. The van der Waals surface area contributed by atoms with Gasteiger partial charge in [-0.3, -0.25) is 10.1 Å². The maximum absolute atomic E-state index is 11.1. The second-order valence-corrected chi connectivity index (χ2v) is 4.03. The monoisotopic (exact) mass is 288 g/mol. The van der Waals surface area contributed by atoms with Gasteiger partial charge >= 0.3 is 6.16 Å². The molecule has 0 spiro atoms. The van der Waals surface area contributed by atoms with Gasteiger partial charge in [0.2, 0.25) is 5.54 Å². The van der Waals surface area contributed by atoms with Crippen molar-refractivity contribution in [2.24, 2.45) is 0 Å². The number of ether oxygens (including phenoxy) is 1. The number of allylic oxidation sites excluding steroid dienone is 1. The fourth-order valence-corrected chi connectivity index (χ4v) is 1.76. The van der Waals surface area contributed by atoms with Crippen molar-refractivity contribution >= 4 is 6.16 Å². The number of hydrogen-bond donors (Lipinski definition) is 1. The zero-order chi connectivity index (χ0) is 15.2. The van der Waals surface area contributed by atoms with Gasteiger partial charge in [-0.25, -0.2) is 4.79 Å². The summed E-state index contributed by atoms with van der Waals surface area (Å²) in [5.74, 6) is 0.0107. The molecule has 1 aliphatic rings. The van der Waals surface area contributed by atoms with Crippen molar-refractivity contribution in [1.29, 1.82) is 0 Å². The van der Waals surface area contributed by atoms with Crippen molar-refractivity contribution in [3.63, 3.8) is 0 Å². The Kier molecular flexibility index (Phi) is 5.01. The lowest BCUT2D eigenvalue weighted by Crippen LogP contribution is -2.37. The van der Waals surface area contributed by atoms with E-state index in [0.29, 0.717) is 0 Å². The fraction of sp³-hybridized carbons (Fsp3) is 0.500. The summed E-state index contributed by atoms with van der Waals surface area (Å²) in [6.07, 6.45) is 2.32. The summed E-state index contributed by atoms with van der Waals surface area (Å²) >= 11 is 0. The zero-order valence-electron chi connectivity index (χ0n) is 10.3. The molecular weight excluding hydrogens is 276 g/mol. The third kappa shape index (κ3) is 4.23. The van der Waals surface area contributed by atoms with Gasteiger partial charge in [0, 0.05) is 17.8 Å². The van der Waals surface area contributed by atoms with Gasteiger partial charge in [-0.05, 0) is 24.6 Å². The van der Waals surface area contributed by atoms with Crippen LogP contribution >= 0.6 is 0 Å². The van der Waals surface area contributed by atoms with Crippen LogP contribution < -0.4 is 0 Å². The van der Waals surface area contributed by atoms with Crippen LogP contribution in [0.2, 0.25) is 0 Å². The molecule has 0 saturated heterocycles. The predicted octanol–water partition coefficient (Wildman–Crippen LogP) is 1.53. The van der Waals surface area contributed by atoms with E-state index < -0.39 is 21.7 Å². The number of rotatable bonds is 7. The summed E-state index contributed by atoms with van der Waals surface area (Å²) in [7, 11) is 0. The molecule has 1 N–H and O–H groups in total. The third-order valence-corrected chi connectivity index (χ3v) is 2.73. The van der Waals surface area contributed by atoms with E-state index in [4.69, 9.17) is 5.11 Å². The van der Waals surface area contributed by atoms with Crippen LogP contribution in [0.5, 0.6) is 0 Å². The van der Waals surface area contributed by atoms with Gasteiger partial charge in [-0.15, -0.1) is 10.1 Å². The smallest absolute Gasteiger partial charge is 0.449 e. The minimum Gasteiger partial charge on any atom is -0.449 e. The van der Waals surface area contributed by atoms with E-state index in [-0.39, 0.29) is 31.6 Å². The van der Waals surface area contributed by atoms with Crippen molar-refractivity contribution in [3.05, 3.63) is 44.2 Å². The predicted molar refractivity (Wildman–Crippen MR) is 62.9 cm³/mol. The summed E-state index contributed by atoms with van der Waals surface area (Å²) in [4.78, 5) is 35.0. The van der Waals surface area contributed by atoms with Crippen molar-refractivity contribution in [2.75, 3.05) is 6.61 Å². The summed E-state index contributed by atoms with van der Waals surface area (Å²) in [6, 6.07) is 0. The Hall–Kier alpha value is -2.65. The molecule has 0 aromatic rings. The molecule has 20 heavy (non-hydrogen) atoms. The van der Waals surface area contributed by atoms with E-state index in [1.807, 2.05) is 0 Å². The van der Waals surface area contributed by atoms with Gasteiger partial charge in [-0.2, -0.15) is 0 Å². The second kappa shape index (κ2) is 6.50. The molecule has 0 aliphatic heterocycles. The molecular formula is C10H12N2O8. The van der Waals surface area contributed by atoms with E-state index in [9.17, 15) is 25.0 Å². The molecule has 10 heteroatoms. The van der Waals surface area contributed by atoms with E-state index in [2.05, 4.69) is 9.57 Å². The third-order valence-electron chi connectivity index (χ3n) is 2.73. The van der Waals surface area contributed by atoms with Crippen molar-refractivity contribution in [1.82, 2.24) is 0 Å². The normalized spacial score (nSPS) is 20.9. The molecule has 1 rings (SSSR count). The lowest BCUT2D eigenvalue weighted by molar-refractivity contribution is -0.758. The molecule has 110 valence electrons. The van der Waals surface area contributed by atoms with Gasteiger partial charge in [-0.1, -0.05) is 0 Å². The maximum atomic E-state index is 11.1. The second-order valence-electron chi connectivity index (χ2n) is 4.03. The van der Waals surface area contributed by atoms with Crippen molar-refractivity contribution in [3.8, 4) is 0 Å². The Morgan fingerprint density at radius 1 is 1.45 bits per heavy atom. The first kappa shape index (κ1) is 15.4. The highest BCUT2D eigenvalue weighted by atomic mass is 16.9. The van der Waals surface area contributed by atoms with Gasteiger partial charge in [0.15, 0.2) is 0 Å². The number of carbonyl (C=O) groups is 1. The summed E-state index contributed by atoms with van der Waals surface area (Å²) in [5, 5.41) is 28.5. The van der Waals surface area contributed by atoms with E-state index in [1.54, 1.807) is 0 Å². The van der Waals surface area contributed by atoms with Crippen molar-refractivity contribution < 1.29 is 29.5 Å². The first-order valence-corrected chi connectivity index (χ1v) is 5.58. The van der Waals surface area contributed by atoms with Crippen molar-refractivity contribution in [2.45, 2.75) is 24.8 Å². The van der Waals surface area contributed by atoms with Crippen LogP contribution in [0.1, 0.15) is 19.3 Å². The topological polar surface area (TPSA) is 142 Å². The summed E-state index contributed by atoms with van der Waals surface area (Å²) < 4.78 is 4.38. The minimum atomic E-state index is -1.51. The molecule has 0 aromatic carbocycles. The Bertz CT molecular complexity index is 472. The van der Waals surface area contributed by atoms with Crippen LogP contribution in [-0.4, -0.2) is 33.4 Å². The van der Waals surface area contributed by atoms with Crippen LogP contribution in [0, 0.1) is 20.2 Å². The van der Waals surface area contributed by atoms with Crippen LogP contribution in [0.15, 0.2) is 24.0 Å². The molecule has 0 radical (unpaired) electrons. The van der Waals surface area contributed by atoms with Crippen LogP contribution in [0.3, 0.4) is 0 Å². The van der Waals surface area contributed by atoms with E-state index in [0.717, 1.165) is 0 Å². The van der Waals surface area contributed by atoms with Gasteiger partial charge in [0.25, 0.3) is 5.09 Å². The molecule has 0 bridgehead atoms. The van der Waals surface area contributed by atoms with Gasteiger partial charge < -0.3 is 14.7 Å².